The van der Waals surface area contributed by atoms with Crippen molar-refractivity contribution in [2.75, 3.05) is 13.1 Å². The van der Waals surface area contributed by atoms with Crippen molar-refractivity contribution in [1.29, 1.82) is 0 Å². The van der Waals surface area contributed by atoms with Gasteiger partial charge in [-0.05, 0) is 25.5 Å². The maximum Gasteiger partial charge on any atom is 0.245 e. The standard InChI is InChI=1S/C16H21N3O3/c1-11-2-3-13(10-17-11)22-12-6-8-19(9-7-12)16(21)14-4-5-15(20)18-14/h2-3,10,12,14H,4-9H2,1H3,(H,18,20). The highest BCUT2D eigenvalue weighted by molar-refractivity contribution is 5.90. The predicted octanol–water partition coefficient (Wildman–Crippen LogP) is 1.04. The van der Waals surface area contributed by atoms with E-state index in [2.05, 4.69) is 10.3 Å². The molecule has 22 heavy (non-hydrogen) atoms. The van der Waals surface area contributed by atoms with Crippen LogP contribution in [0.25, 0.3) is 0 Å². The Morgan fingerprint density at radius 2 is 2.09 bits per heavy atom. The van der Waals surface area contributed by atoms with Crippen molar-refractivity contribution in [3.05, 3.63) is 24.0 Å². The molecule has 0 spiro atoms. The average Bonchev–Trinajstić information content (AvgIpc) is 2.96. The number of carbonyl (C=O) groups excluding carboxylic acids is 2. The van der Waals surface area contributed by atoms with Crippen molar-refractivity contribution in [2.45, 2.75) is 44.8 Å². The minimum Gasteiger partial charge on any atom is -0.489 e. The van der Waals surface area contributed by atoms with Crippen LogP contribution in [0.3, 0.4) is 0 Å². The summed E-state index contributed by atoms with van der Waals surface area (Å²) < 4.78 is 5.91. The molecule has 0 radical (unpaired) electrons. The first kappa shape index (κ1) is 14.8. The van der Waals surface area contributed by atoms with E-state index in [4.69, 9.17) is 4.74 Å². The minimum absolute atomic E-state index is 0.0246. The zero-order valence-corrected chi connectivity index (χ0v) is 12.7. The molecular formula is C16H21N3O3. The summed E-state index contributed by atoms with van der Waals surface area (Å²) in [6.45, 7) is 3.29. The number of carbonyl (C=O) groups is 2. The first-order valence-corrected chi connectivity index (χ1v) is 7.79. The fourth-order valence-corrected chi connectivity index (χ4v) is 2.93. The number of hydrogen-bond acceptors (Lipinski definition) is 4. The van der Waals surface area contributed by atoms with Gasteiger partial charge in [0.25, 0.3) is 0 Å². The van der Waals surface area contributed by atoms with Crippen molar-refractivity contribution < 1.29 is 14.3 Å². The van der Waals surface area contributed by atoms with Gasteiger partial charge in [-0.3, -0.25) is 14.6 Å². The first-order valence-electron chi connectivity index (χ1n) is 7.79. The van der Waals surface area contributed by atoms with Crippen LogP contribution in [-0.2, 0) is 9.59 Å². The third-order valence-corrected chi connectivity index (χ3v) is 4.23. The van der Waals surface area contributed by atoms with E-state index in [0.29, 0.717) is 25.9 Å². The number of aryl methyl sites for hydroxylation is 1. The molecule has 1 N–H and O–H groups in total. The highest BCUT2D eigenvalue weighted by Gasteiger charge is 2.32. The van der Waals surface area contributed by atoms with Gasteiger partial charge in [0.1, 0.15) is 17.9 Å². The van der Waals surface area contributed by atoms with E-state index in [0.717, 1.165) is 24.3 Å². The molecule has 3 rings (SSSR count). The molecule has 3 heterocycles. The Morgan fingerprint density at radius 3 is 2.68 bits per heavy atom. The second-order valence-corrected chi connectivity index (χ2v) is 5.94. The van der Waals surface area contributed by atoms with E-state index in [1.165, 1.54) is 0 Å². The topological polar surface area (TPSA) is 71.5 Å². The Hall–Kier alpha value is -2.11. The molecule has 6 heteroatoms. The van der Waals surface area contributed by atoms with Gasteiger partial charge in [-0.2, -0.15) is 0 Å². The molecule has 2 aliphatic rings. The molecule has 0 aromatic carbocycles. The Kier molecular flexibility index (Phi) is 4.27. The van der Waals surface area contributed by atoms with Gasteiger partial charge >= 0.3 is 0 Å². The molecule has 0 bridgehead atoms. The zero-order valence-electron chi connectivity index (χ0n) is 12.7. The predicted molar refractivity (Wildman–Crippen MR) is 80.4 cm³/mol. The molecule has 118 valence electrons. The molecular weight excluding hydrogens is 282 g/mol. The molecule has 2 aliphatic heterocycles. The molecule has 2 saturated heterocycles. The van der Waals surface area contributed by atoms with Gasteiger partial charge in [-0.15, -0.1) is 0 Å². The van der Waals surface area contributed by atoms with E-state index in [1.54, 1.807) is 6.20 Å². The van der Waals surface area contributed by atoms with Gasteiger partial charge in [0.05, 0.1) is 6.20 Å². The van der Waals surface area contributed by atoms with Crippen molar-refractivity contribution in [1.82, 2.24) is 15.2 Å². The van der Waals surface area contributed by atoms with Gasteiger partial charge in [0.2, 0.25) is 11.8 Å². The smallest absolute Gasteiger partial charge is 0.245 e. The number of aromatic nitrogens is 1. The number of ether oxygens (including phenoxy) is 1. The molecule has 0 aliphatic carbocycles. The zero-order chi connectivity index (χ0) is 15.5. The summed E-state index contributed by atoms with van der Waals surface area (Å²) in [7, 11) is 0. The first-order chi connectivity index (χ1) is 10.6. The Labute approximate surface area is 129 Å². The van der Waals surface area contributed by atoms with E-state index in [9.17, 15) is 9.59 Å². The maximum atomic E-state index is 12.3. The molecule has 1 unspecified atom stereocenters. The van der Waals surface area contributed by atoms with Crippen molar-refractivity contribution in [3.63, 3.8) is 0 Å². The summed E-state index contributed by atoms with van der Waals surface area (Å²) in [5.74, 6) is 0.795. The SMILES string of the molecule is Cc1ccc(OC2CCN(C(=O)C3CCC(=O)N3)CC2)cn1. The van der Waals surface area contributed by atoms with Crippen molar-refractivity contribution >= 4 is 11.8 Å². The molecule has 6 nitrogen and oxygen atoms in total. The van der Waals surface area contributed by atoms with Crippen LogP contribution in [0.1, 0.15) is 31.4 Å². The fourth-order valence-electron chi connectivity index (χ4n) is 2.93. The van der Waals surface area contributed by atoms with Gasteiger partial charge in [-0.25, -0.2) is 0 Å². The van der Waals surface area contributed by atoms with E-state index in [-0.39, 0.29) is 24.0 Å². The van der Waals surface area contributed by atoms with Gasteiger partial charge in [-0.1, -0.05) is 0 Å². The summed E-state index contributed by atoms with van der Waals surface area (Å²) in [5.41, 5.74) is 0.964. The van der Waals surface area contributed by atoms with E-state index in [1.807, 2.05) is 24.0 Å². The molecule has 0 saturated carbocycles. The number of amides is 2. The Balaban J connectivity index is 1.48. The lowest BCUT2D eigenvalue weighted by Crippen LogP contribution is -2.49. The van der Waals surface area contributed by atoms with Gasteiger partial charge < -0.3 is 15.0 Å². The summed E-state index contributed by atoms with van der Waals surface area (Å²) >= 11 is 0. The second kappa shape index (κ2) is 6.34. The number of rotatable bonds is 3. The van der Waals surface area contributed by atoms with Gasteiger partial charge in [0, 0.05) is 38.0 Å². The quantitative estimate of drug-likeness (QED) is 0.905. The lowest BCUT2D eigenvalue weighted by Gasteiger charge is -2.33. The number of likely N-dealkylation sites (tertiary alicyclic amines) is 1. The highest BCUT2D eigenvalue weighted by atomic mass is 16.5. The average molecular weight is 303 g/mol. The monoisotopic (exact) mass is 303 g/mol. The van der Waals surface area contributed by atoms with Crippen LogP contribution in [0.4, 0.5) is 0 Å². The van der Waals surface area contributed by atoms with Crippen LogP contribution in [0.2, 0.25) is 0 Å². The van der Waals surface area contributed by atoms with Crippen LogP contribution < -0.4 is 10.1 Å². The van der Waals surface area contributed by atoms with Crippen molar-refractivity contribution in [2.24, 2.45) is 0 Å². The van der Waals surface area contributed by atoms with Crippen molar-refractivity contribution in [3.8, 4) is 5.75 Å². The van der Waals surface area contributed by atoms with Crippen LogP contribution in [-0.4, -0.2) is 46.9 Å². The summed E-state index contributed by atoms with van der Waals surface area (Å²) in [6, 6.07) is 3.52. The summed E-state index contributed by atoms with van der Waals surface area (Å²) in [6.07, 6.45) is 4.54. The number of nitrogens with zero attached hydrogens (tertiary/aromatic N) is 2. The van der Waals surface area contributed by atoms with Crippen LogP contribution in [0, 0.1) is 6.92 Å². The van der Waals surface area contributed by atoms with E-state index < -0.39 is 0 Å². The number of hydrogen-bond donors (Lipinski definition) is 1. The Morgan fingerprint density at radius 1 is 1.32 bits per heavy atom. The molecule has 1 aromatic rings. The summed E-state index contributed by atoms with van der Waals surface area (Å²) in [4.78, 5) is 29.6. The third-order valence-electron chi connectivity index (χ3n) is 4.23. The second-order valence-electron chi connectivity index (χ2n) is 5.94. The number of piperidine rings is 1. The fraction of sp³-hybridized carbons (Fsp3) is 0.562. The molecule has 1 aromatic heterocycles. The molecule has 2 fully saturated rings. The van der Waals surface area contributed by atoms with Crippen LogP contribution in [0.15, 0.2) is 18.3 Å². The largest absolute Gasteiger partial charge is 0.489 e. The maximum absolute atomic E-state index is 12.3. The Bertz CT molecular complexity index is 550. The lowest BCUT2D eigenvalue weighted by atomic mass is 10.1. The third kappa shape index (κ3) is 3.37. The normalized spacial score (nSPS) is 22.5. The number of pyridine rings is 1. The van der Waals surface area contributed by atoms with Gasteiger partial charge in [0.15, 0.2) is 0 Å². The molecule has 1 atom stereocenters. The lowest BCUT2D eigenvalue weighted by molar-refractivity contribution is -0.136. The highest BCUT2D eigenvalue weighted by Crippen LogP contribution is 2.20. The summed E-state index contributed by atoms with van der Waals surface area (Å²) in [5, 5.41) is 2.74. The van der Waals surface area contributed by atoms with Crippen LogP contribution >= 0.6 is 0 Å². The van der Waals surface area contributed by atoms with Crippen LogP contribution in [0.5, 0.6) is 5.75 Å². The molecule has 2 amide bonds. The minimum atomic E-state index is -0.328. The number of nitrogens with one attached hydrogen (secondary N) is 1. The van der Waals surface area contributed by atoms with E-state index >= 15 is 0 Å².